The van der Waals surface area contributed by atoms with Gasteiger partial charge in [-0.05, 0) is 44.2 Å². The van der Waals surface area contributed by atoms with Crippen LogP contribution in [0.15, 0.2) is 0 Å². The minimum absolute atomic E-state index is 0.166. The Morgan fingerprint density at radius 1 is 1.29 bits per heavy atom. The molecule has 1 aliphatic carbocycles. The number of halogens is 1. The summed E-state index contributed by atoms with van der Waals surface area (Å²) in [7, 11) is 0. The first kappa shape index (κ1) is 12.4. The number of nitrogens with zero attached hydrogens (tertiary/aromatic N) is 2. The molecular weight excluding hydrogens is 240 g/mol. The van der Waals surface area contributed by atoms with Crippen molar-refractivity contribution in [1.82, 2.24) is 9.97 Å². The van der Waals surface area contributed by atoms with E-state index in [9.17, 15) is 5.11 Å². The van der Waals surface area contributed by atoms with Gasteiger partial charge in [0.25, 0.3) is 0 Å². The third kappa shape index (κ3) is 2.98. The number of nitrogens with one attached hydrogen (secondary N) is 1. The maximum Gasteiger partial charge on any atom is 0.224 e. The monoisotopic (exact) mass is 256 g/mol. The van der Waals surface area contributed by atoms with Gasteiger partial charge >= 0.3 is 0 Å². The van der Waals surface area contributed by atoms with E-state index in [0.29, 0.717) is 23.2 Å². The van der Waals surface area contributed by atoms with Gasteiger partial charge in [0.2, 0.25) is 5.28 Å². The van der Waals surface area contributed by atoms with Crippen molar-refractivity contribution >= 4 is 23.1 Å². The lowest BCUT2D eigenvalue weighted by Gasteiger charge is -2.27. The van der Waals surface area contributed by atoms with Gasteiger partial charge in [0.05, 0.1) is 17.5 Å². The largest absolute Gasteiger partial charge is 0.394 e. The molecule has 0 amide bonds. The number of nitrogens with two attached hydrogens (primary N) is 1. The second-order valence-electron chi connectivity index (χ2n) is 4.49. The van der Waals surface area contributed by atoms with Gasteiger partial charge in [-0.15, -0.1) is 0 Å². The van der Waals surface area contributed by atoms with Crippen molar-refractivity contribution in [2.75, 3.05) is 11.1 Å². The lowest BCUT2D eigenvalue weighted by atomic mass is 9.93. The standard InChI is InChI=1S/C11H17ClN4O/c1-6-9(13)10(16-11(12)14-6)15-7-2-4-8(17)5-3-7/h7-8,17H,2-5,13H2,1H3,(H,14,15,16). The van der Waals surface area contributed by atoms with Gasteiger partial charge in [-0.2, -0.15) is 4.98 Å². The molecule has 4 N–H and O–H groups in total. The Kier molecular flexibility index (Phi) is 3.69. The molecule has 1 fully saturated rings. The van der Waals surface area contributed by atoms with Gasteiger partial charge < -0.3 is 16.2 Å². The number of aryl methyl sites for hydroxylation is 1. The van der Waals surface area contributed by atoms with Crippen LogP contribution in [0.3, 0.4) is 0 Å². The third-order valence-electron chi connectivity index (χ3n) is 3.15. The summed E-state index contributed by atoms with van der Waals surface area (Å²) in [6.07, 6.45) is 3.30. The lowest BCUT2D eigenvalue weighted by Crippen LogP contribution is -2.29. The van der Waals surface area contributed by atoms with E-state index in [1.165, 1.54) is 0 Å². The molecule has 0 atom stereocenters. The molecule has 0 unspecified atom stereocenters. The Balaban J connectivity index is 2.08. The van der Waals surface area contributed by atoms with Crippen LogP contribution in [0.4, 0.5) is 11.5 Å². The summed E-state index contributed by atoms with van der Waals surface area (Å²) in [5, 5.41) is 12.9. The number of nitrogen functional groups attached to an aromatic ring is 1. The van der Waals surface area contributed by atoms with E-state index in [-0.39, 0.29) is 11.4 Å². The van der Waals surface area contributed by atoms with Crippen molar-refractivity contribution in [2.45, 2.75) is 44.8 Å². The van der Waals surface area contributed by atoms with Gasteiger partial charge in [0, 0.05) is 6.04 Å². The molecule has 6 heteroatoms. The summed E-state index contributed by atoms with van der Waals surface area (Å²) in [5.74, 6) is 0.601. The molecule has 1 aliphatic rings. The van der Waals surface area contributed by atoms with Crippen LogP contribution in [0, 0.1) is 6.92 Å². The van der Waals surface area contributed by atoms with Crippen LogP contribution in [0.2, 0.25) is 5.28 Å². The molecule has 0 radical (unpaired) electrons. The Hall–Kier alpha value is -1.07. The van der Waals surface area contributed by atoms with Crippen LogP contribution in [0.5, 0.6) is 0 Å². The minimum atomic E-state index is -0.166. The minimum Gasteiger partial charge on any atom is -0.394 e. The Morgan fingerprint density at radius 3 is 2.59 bits per heavy atom. The molecule has 0 saturated heterocycles. The Morgan fingerprint density at radius 2 is 1.94 bits per heavy atom. The molecule has 2 rings (SSSR count). The third-order valence-corrected chi connectivity index (χ3v) is 3.32. The second kappa shape index (κ2) is 5.06. The fraction of sp³-hybridized carbons (Fsp3) is 0.636. The summed E-state index contributed by atoms with van der Waals surface area (Å²) in [6, 6.07) is 0.297. The predicted octanol–water partition coefficient (Wildman–Crippen LogP) is 1.74. The van der Waals surface area contributed by atoms with E-state index >= 15 is 0 Å². The summed E-state index contributed by atoms with van der Waals surface area (Å²) in [4.78, 5) is 8.09. The molecule has 17 heavy (non-hydrogen) atoms. The molecule has 0 aliphatic heterocycles. The number of hydrogen-bond donors (Lipinski definition) is 3. The van der Waals surface area contributed by atoms with Crippen LogP contribution in [-0.4, -0.2) is 27.2 Å². The zero-order valence-corrected chi connectivity index (χ0v) is 10.5. The first-order chi connectivity index (χ1) is 8.06. The number of anilines is 2. The van der Waals surface area contributed by atoms with Crippen LogP contribution in [0.1, 0.15) is 31.4 Å². The van der Waals surface area contributed by atoms with E-state index < -0.39 is 0 Å². The molecule has 1 heterocycles. The van der Waals surface area contributed by atoms with Crippen molar-refractivity contribution in [3.05, 3.63) is 11.0 Å². The van der Waals surface area contributed by atoms with Crippen LogP contribution in [0.25, 0.3) is 0 Å². The first-order valence-corrected chi connectivity index (χ1v) is 6.18. The molecule has 94 valence electrons. The highest BCUT2D eigenvalue weighted by Gasteiger charge is 2.20. The van der Waals surface area contributed by atoms with E-state index in [2.05, 4.69) is 15.3 Å². The zero-order valence-electron chi connectivity index (χ0n) is 9.78. The number of rotatable bonds is 2. The van der Waals surface area contributed by atoms with E-state index in [1.54, 1.807) is 6.92 Å². The number of hydrogen-bond acceptors (Lipinski definition) is 5. The molecule has 5 nitrogen and oxygen atoms in total. The van der Waals surface area contributed by atoms with Gasteiger partial charge in [-0.1, -0.05) is 0 Å². The van der Waals surface area contributed by atoms with Crippen molar-refractivity contribution in [3.8, 4) is 0 Å². The van der Waals surface area contributed by atoms with Gasteiger partial charge in [0.1, 0.15) is 0 Å². The molecule has 0 aromatic carbocycles. The molecule has 1 aromatic heterocycles. The molecule has 0 bridgehead atoms. The van der Waals surface area contributed by atoms with Crippen LogP contribution < -0.4 is 11.1 Å². The van der Waals surface area contributed by atoms with Crippen molar-refractivity contribution in [2.24, 2.45) is 0 Å². The molecule has 1 saturated carbocycles. The van der Waals surface area contributed by atoms with Crippen molar-refractivity contribution in [3.63, 3.8) is 0 Å². The summed E-state index contributed by atoms with van der Waals surface area (Å²) < 4.78 is 0. The van der Waals surface area contributed by atoms with E-state index in [0.717, 1.165) is 25.7 Å². The summed E-state index contributed by atoms with van der Waals surface area (Å²) in [5.41, 5.74) is 7.13. The fourth-order valence-corrected chi connectivity index (χ4v) is 2.28. The molecule has 1 aromatic rings. The fourth-order valence-electron chi connectivity index (χ4n) is 2.07. The van der Waals surface area contributed by atoms with Gasteiger partial charge in [0.15, 0.2) is 5.82 Å². The predicted molar refractivity (Wildman–Crippen MR) is 68.1 cm³/mol. The SMILES string of the molecule is Cc1nc(Cl)nc(NC2CCC(O)CC2)c1N. The van der Waals surface area contributed by atoms with Gasteiger partial charge in [-0.3, -0.25) is 0 Å². The highest BCUT2D eigenvalue weighted by atomic mass is 35.5. The smallest absolute Gasteiger partial charge is 0.224 e. The normalized spacial score (nSPS) is 24.6. The van der Waals surface area contributed by atoms with Crippen molar-refractivity contribution in [1.29, 1.82) is 0 Å². The van der Waals surface area contributed by atoms with Crippen LogP contribution in [-0.2, 0) is 0 Å². The maximum atomic E-state index is 9.44. The number of aliphatic hydroxyl groups excluding tert-OH is 1. The topological polar surface area (TPSA) is 84.1 Å². The summed E-state index contributed by atoms with van der Waals surface area (Å²) in [6.45, 7) is 1.80. The molecular formula is C11H17ClN4O. The summed E-state index contributed by atoms with van der Waals surface area (Å²) >= 11 is 5.81. The first-order valence-electron chi connectivity index (χ1n) is 5.80. The Labute approximate surface area is 105 Å². The highest BCUT2D eigenvalue weighted by molar-refractivity contribution is 6.28. The quantitative estimate of drug-likeness (QED) is 0.702. The average Bonchev–Trinajstić information content (AvgIpc) is 2.28. The van der Waals surface area contributed by atoms with E-state index in [4.69, 9.17) is 17.3 Å². The lowest BCUT2D eigenvalue weighted by molar-refractivity contribution is 0.126. The highest BCUT2D eigenvalue weighted by Crippen LogP contribution is 2.26. The van der Waals surface area contributed by atoms with Crippen molar-refractivity contribution < 1.29 is 5.11 Å². The Bertz CT molecular complexity index is 405. The zero-order chi connectivity index (χ0) is 12.4. The number of aromatic nitrogens is 2. The van der Waals surface area contributed by atoms with E-state index in [1.807, 2.05) is 0 Å². The van der Waals surface area contributed by atoms with Gasteiger partial charge in [-0.25, -0.2) is 4.98 Å². The molecule has 0 spiro atoms. The maximum absolute atomic E-state index is 9.44. The average molecular weight is 257 g/mol. The van der Waals surface area contributed by atoms with Crippen LogP contribution >= 0.6 is 11.6 Å². The second-order valence-corrected chi connectivity index (χ2v) is 4.83. The number of aliphatic hydroxyl groups is 1.